The first-order valence-electron chi connectivity index (χ1n) is 2.85. The second-order valence-corrected chi connectivity index (χ2v) is 6.75. The van der Waals surface area contributed by atoms with Gasteiger partial charge in [-0.15, -0.1) is 0 Å². The van der Waals surface area contributed by atoms with Crippen LogP contribution in [0.25, 0.3) is 0 Å². The van der Waals surface area contributed by atoms with Crippen molar-refractivity contribution in [3.05, 3.63) is 34.4 Å². The summed E-state index contributed by atoms with van der Waals surface area (Å²) in [6, 6.07) is 6.76. The number of hydrogen-bond donors (Lipinski definition) is 0. The number of nitrogens with zero attached hydrogens (tertiary/aromatic N) is 1. The molecule has 0 bridgehead atoms. The Hall–Kier alpha value is -0.101. The molecule has 0 spiro atoms. The molecule has 1 rings (SSSR count). The van der Waals surface area contributed by atoms with Gasteiger partial charge in [0.15, 0.2) is 0 Å². The molecule has 0 fully saturated rings. The normalized spacial score (nSPS) is 9.55. The first-order valence-corrected chi connectivity index (χ1v) is 10.7. The number of non-ortho nitro benzene ring substituents is 1. The molecule has 0 amide bonds. The van der Waals surface area contributed by atoms with Crippen LogP contribution in [0.5, 0.6) is 0 Å². The van der Waals surface area contributed by atoms with E-state index in [-0.39, 0.29) is 10.6 Å². The Morgan fingerprint density at radius 3 is 2.82 bits per heavy atom. The monoisotopic (exact) mass is 321 g/mol. The van der Waals surface area contributed by atoms with Gasteiger partial charge in [-0.1, -0.05) is 0 Å². The maximum atomic E-state index is 10.3. The second kappa shape index (κ2) is 4.06. The van der Waals surface area contributed by atoms with Crippen LogP contribution in [-0.2, 0) is 0 Å². The molecule has 0 heterocycles. The van der Waals surface area contributed by atoms with E-state index in [9.17, 15) is 10.1 Å². The van der Waals surface area contributed by atoms with E-state index in [4.69, 9.17) is 0 Å². The average molecular weight is 321 g/mol. The number of benzene rings is 1. The first kappa shape index (κ1) is 8.99. The van der Waals surface area contributed by atoms with E-state index < -0.39 is 18.9 Å². The molecule has 0 aliphatic heterocycles. The van der Waals surface area contributed by atoms with Crippen molar-refractivity contribution in [1.29, 1.82) is 0 Å². The quantitative estimate of drug-likeness (QED) is 0.467. The minimum absolute atomic E-state index is 0.183. The summed E-state index contributed by atoms with van der Waals surface area (Å²) >= 11 is 2.69. The first-order chi connectivity index (χ1) is 5.24. The summed E-state index contributed by atoms with van der Waals surface area (Å²) in [4.78, 5) is 9.91. The molecule has 0 unspecified atom stereocenters. The molecule has 11 heavy (non-hydrogen) atoms. The van der Waals surface area contributed by atoms with Crippen LogP contribution in [0.15, 0.2) is 24.3 Å². The van der Waals surface area contributed by atoms with Crippen molar-refractivity contribution in [1.82, 2.24) is 0 Å². The van der Waals surface area contributed by atoms with Crippen LogP contribution < -0.4 is 3.58 Å². The fourth-order valence-corrected chi connectivity index (χ4v) is 3.36. The fraction of sp³-hybridized carbons (Fsp3) is 0. The van der Waals surface area contributed by atoms with E-state index in [0.29, 0.717) is 0 Å². The molecule has 5 heteroatoms. The summed E-state index contributed by atoms with van der Waals surface area (Å²) < 4.78 is 1.09. The van der Waals surface area contributed by atoms with Crippen molar-refractivity contribution in [3.63, 3.8) is 0 Å². The van der Waals surface area contributed by atoms with Crippen LogP contribution in [-0.4, -0.2) is 23.8 Å². The summed E-state index contributed by atoms with van der Waals surface area (Å²) in [6.07, 6.45) is 0. The molecule has 1 aromatic carbocycles. The van der Waals surface area contributed by atoms with Crippen molar-refractivity contribution < 1.29 is 4.92 Å². The number of nitro groups is 1. The van der Waals surface area contributed by atoms with Crippen molar-refractivity contribution >= 4 is 40.9 Å². The zero-order chi connectivity index (χ0) is 8.27. The van der Waals surface area contributed by atoms with Gasteiger partial charge >= 0.3 is 80.2 Å². The third kappa shape index (κ3) is 2.44. The average Bonchev–Trinajstić information content (AvgIpc) is 2.05. The summed E-state index contributed by atoms with van der Waals surface area (Å²) in [5.41, 5.74) is 0.183. The van der Waals surface area contributed by atoms with Gasteiger partial charge in [0.05, 0.1) is 0 Å². The molecule has 0 atom stereocenters. The van der Waals surface area contributed by atoms with E-state index >= 15 is 0 Å². The third-order valence-electron chi connectivity index (χ3n) is 1.17. The standard InChI is InChI=1S/C6H4NO2.BrH.Sn/c8-7(9)6-4-2-1-3-5-6;;/h1-2,4-5H;1H;/q;;+1/p-1. The molecule has 2 radical (unpaired) electrons. The Kier molecular flexibility index (Phi) is 3.32. The van der Waals surface area contributed by atoms with Crippen LogP contribution in [0.3, 0.4) is 0 Å². The zero-order valence-electron chi connectivity index (χ0n) is 5.45. The Morgan fingerprint density at radius 2 is 2.27 bits per heavy atom. The Balaban J connectivity index is 3.01. The van der Waals surface area contributed by atoms with Gasteiger partial charge in [0.1, 0.15) is 0 Å². The van der Waals surface area contributed by atoms with Gasteiger partial charge in [0, 0.05) is 0 Å². The van der Waals surface area contributed by atoms with E-state index in [1.54, 1.807) is 12.1 Å². The van der Waals surface area contributed by atoms with Crippen molar-refractivity contribution in [2.75, 3.05) is 0 Å². The van der Waals surface area contributed by atoms with Gasteiger partial charge < -0.3 is 0 Å². The SMILES string of the molecule is O=[N+]([O-])c1ccc[c]([Sn][Br])c1. The maximum absolute atomic E-state index is 10.3. The zero-order valence-corrected chi connectivity index (χ0v) is 9.89. The summed E-state index contributed by atoms with van der Waals surface area (Å²) in [7, 11) is 0. The van der Waals surface area contributed by atoms with Crippen molar-refractivity contribution in [3.8, 4) is 0 Å². The molecule has 0 saturated carbocycles. The molecular formula is C6H4BrNO2Sn. The Labute approximate surface area is 79.9 Å². The number of rotatable bonds is 2. The third-order valence-corrected chi connectivity index (χ3v) is 5.75. The topological polar surface area (TPSA) is 43.1 Å². The molecule has 0 N–H and O–H groups in total. The predicted octanol–water partition coefficient (Wildman–Crippen LogP) is 1.23. The van der Waals surface area contributed by atoms with E-state index in [1.165, 1.54) is 6.07 Å². The van der Waals surface area contributed by atoms with E-state index in [0.717, 1.165) is 3.58 Å². The van der Waals surface area contributed by atoms with Gasteiger partial charge in [-0.25, -0.2) is 0 Å². The molecule has 56 valence electrons. The van der Waals surface area contributed by atoms with E-state index in [2.05, 4.69) is 12.7 Å². The number of nitro benzene ring substituents is 1. The fourth-order valence-electron chi connectivity index (χ4n) is 0.678. The van der Waals surface area contributed by atoms with Gasteiger partial charge in [-0.05, 0) is 0 Å². The Bertz CT molecular complexity index is 279. The predicted molar refractivity (Wildman–Crippen MR) is 47.4 cm³/mol. The van der Waals surface area contributed by atoms with Gasteiger partial charge in [0.2, 0.25) is 0 Å². The molecule has 0 saturated heterocycles. The number of hydrogen-bond acceptors (Lipinski definition) is 2. The molecule has 1 aromatic rings. The van der Waals surface area contributed by atoms with Crippen molar-refractivity contribution in [2.24, 2.45) is 0 Å². The molecule has 0 aliphatic rings. The Morgan fingerprint density at radius 1 is 1.55 bits per heavy atom. The molecule has 0 aliphatic carbocycles. The molecular weight excluding hydrogens is 317 g/mol. The summed E-state index contributed by atoms with van der Waals surface area (Å²) in [5, 5.41) is 10.3. The molecule has 0 aromatic heterocycles. The van der Waals surface area contributed by atoms with Gasteiger partial charge in [-0.3, -0.25) is 0 Å². The summed E-state index contributed by atoms with van der Waals surface area (Å²) in [6.45, 7) is 0. The molecule has 3 nitrogen and oxygen atoms in total. The minimum atomic E-state index is -0.701. The van der Waals surface area contributed by atoms with Crippen molar-refractivity contribution in [2.45, 2.75) is 0 Å². The van der Waals surface area contributed by atoms with Crippen LogP contribution in [0.2, 0.25) is 0 Å². The second-order valence-electron chi connectivity index (χ2n) is 1.90. The van der Waals surface area contributed by atoms with Gasteiger partial charge in [0.25, 0.3) is 0 Å². The van der Waals surface area contributed by atoms with Gasteiger partial charge in [-0.2, -0.15) is 0 Å². The van der Waals surface area contributed by atoms with E-state index in [1.807, 2.05) is 6.07 Å². The van der Waals surface area contributed by atoms with Crippen LogP contribution in [0, 0.1) is 10.1 Å². The van der Waals surface area contributed by atoms with Crippen LogP contribution in [0.1, 0.15) is 0 Å². The van der Waals surface area contributed by atoms with Crippen LogP contribution in [0.4, 0.5) is 5.69 Å². The van der Waals surface area contributed by atoms with Crippen LogP contribution >= 0.6 is 12.7 Å². The number of halogens is 1. The summed E-state index contributed by atoms with van der Waals surface area (Å²) in [5.74, 6) is 0.